The largest absolute Gasteiger partial charge is 0.316 e. The Morgan fingerprint density at radius 3 is 1.94 bits per heavy atom. The summed E-state index contributed by atoms with van der Waals surface area (Å²) in [6.45, 7) is 4.83. The first-order valence-electron chi connectivity index (χ1n) is 7.64. The van der Waals surface area contributed by atoms with Gasteiger partial charge < -0.3 is 5.32 Å². The highest BCUT2D eigenvalue weighted by Gasteiger charge is 2.19. The van der Waals surface area contributed by atoms with E-state index in [0.717, 1.165) is 5.92 Å². The van der Waals surface area contributed by atoms with Crippen LogP contribution in [0.3, 0.4) is 0 Å². The molecule has 96 valence electrons. The van der Waals surface area contributed by atoms with Gasteiger partial charge in [0.15, 0.2) is 0 Å². The van der Waals surface area contributed by atoms with Gasteiger partial charge in [-0.3, -0.25) is 0 Å². The summed E-state index contributed by atoms with van der Waals surface area (Å²) >= 11 is 0. The maximum Gasteiger partial charge on any atom is -0.00205 e. The third kappa shape index (κ3) is 9.21. The van der Waals surface area contributed by atoms with Crippen LogP contribution < -0.4 is 5.32 Å². The Labute approximate surface area is 102 Å². The molecule has 1 N–H and O–H groups in total. The van der Waals surface area contributed by atoms with Crippen molar-refractivity contribution in [2.45, 2.75) is 77.6 Å². The van der Waals surface area contributed by atoms with Crippen LogP contribution in [0, 0.1) is 5.92 Å². The van der Waals surface area contributed by atoms with Gasteiger partial charge >= 0.3 is 0 Å². The summed E-state index contributed by atoms with van der Waals surface area (Å²) in [4.78, 5) is 0. The fourth-order valence-corrected chi connectivity index (χ4v) is 2.19. The molecule has 1 fully saturated rings. The fourth-order valence-electron chi connectivity index (χ4n) is 2.19. The molecule has 0 aromatic rings. The lowest BCUT2D eigenvalue weighted by Gasteiger charge is -2.03. The number of unbranched alkanes of at least 4 members (excludes halogenated alkanes) is 8. The third-order valence-electron chi connectivity index (χ3n) is 3.59. The van der Waals surface area contributed by atoms with Crippen LogP contribution in [0.5, 0.6) is 0 Å². The van der Waals surface area contributed by atoms with Crippen LogP contribution >= 0.6 is 0 Å². The van der Waals surface area contributed by atoms with E-state index in [4.69, 9.17) is 0 Å². The van der Waals surface area contributed by atoms with Crippen LogP contribution in [0.1, 0.15) is 77.6 Å². The molecule has 0 aromatic heterocycles. The van der Waals surface area contributed by atoms with Crippen molar-refractivity contribution in [3.8, 4) is 0 Å². The van der Waals surface area contributed by atoms with Gasteiger partial charge in [-0.25, -0.2) is 0 Å². The summed E-state index contributed by atoms with van der Waals surface area (Å²) in [6.07, 6.45) is 15.9. The van der Waals surface area contributed by atoms with Crippen LogP contribution in [0.4, 0.5) is 0 Å². The summed E-state index contributed by atoms with van der Waals surface area (Å²) < 4.78 is 0. The second-order valence-corrected chi connectivity index (χ2v) is 5.48. The van der Waals surface area contributed by atoms with E-state index < -0.39 is 0 Å². The summed E-state index contributed by atoms with van der Waals surface area (Å²) in [6, 6.07) is 0. The first kappa shape index (κ1) is 14.0. The Balaban J connectivity index is 1.61. The molecule has 1 heteroatoms. The molecule has 1 saturated carbocycles. The van der Waals surface area contributed by atoms with E-state index in [9.17, 15) is 0 Å². The van der Waals surface area contributed by atoms with Gasteiger partial charge in [-0.15, -0.1) is 0 Å². The first-order valence-corrected chi connectivity index (χ1v) is 7.64. The summed E-state index contributed by atoms with van der Waals surface area (Å²) in [5.41, 5.74) is 0. The van der Waals surface area contributed by atoms with Crippen molar-refractivity contribution >= 4 is 0 Å². The second-order valence-electron chi connectivity index (χ2n) is 5.48. The van der Waals surface area contributed by atoms with Crippen molar-refractivity contribution in [1.29, 1.82) is 0 Å². The molecule has 16 heavy (non-hydrogen) atoms. The van der Waals surface area contributed by atoms with Crippen LogP contribution in [0.2, 0.25) is 0 Å². The Bertz CT molecular complexity index is 140. The number of hydrogen-bond acceptors (Lipinski definition) is 1. The van der Waals surface area contributed by atoms with Crippen molar-refractivity contribution in [3.63, 3.8) is 0 Å². The molecule has 0 bridgehead atoms. The zero-order chi connectivity index (χ0) is 11.5. The van der Waals surface area contributed by atoms with Crippen molar-refractivity contribution in [1.82, 2.24) is 5.32 Å². The molecule has 0 aliphatic heterocycles. The number of nitrogens with one attached hydrogen (secondary N) is 1. The maximum atomic E-state index is 3.57. The van der Waals surface area contributed by atoms with Crippen molar-refractivity contribution < 1.29 is 0 Å². The first-order chi connectivity index (χ1) is 7.93. The van der Waals surface area contributed by atoms with E-state index in [1.54, 1.807) is 0 Å². The minimum Gasteiger partial charge on any atom is -0.316 e. The van der Waals surface area contributed by atoms with E-state index in [-0.39, 0.29) is 0 Å². The topological polar surface area (TPSA) is 12.0 Å². The molecular weight excluding hydrogens is 194 g/mol. The molecule has 0 unspecified atom stereocenters. The smallest absolute Gasteiger partial charge is 0.00205 e. The van der Waals surface area contributed by atoms with E-state index in [2.05, 4.69) is 12.2 Å². The molecule has 0 spiro atoms. The summed E-state index contributed by atoms with van der Waals surface area (Å²) in [5, 5.41) is 3.57. The van der Waals surface area contributed by atoms with Crippen LogP contribution in [-0.2, 0) is 0 Å². The van der Waals surface area contributed by atoms with Crippen molar-refractivity contribution in [2.75, 3.05) is 13.1 Å². The lowest BCUT2D eigenvalue weighted by molar-refractivity contribution is 0.543. The summed E-state index contributed by atoms with van der Waals surface area (Å²) in [5.74, 6) is 1.04. The normalized spacial score (nSPS) is 15.6. The van der Waals surface area contributed by atoms with Gasteiger partial charge in [0.2, 0.25) is 0 Å². The molecule has 0 heterocycles. The Morgan fingerprint density at radius 2 is 1.38 bits per heavy atom. The van der Waals surface area contributed by atoms with E-state index >= 15 is 0 Å². The molecular formula is C15H31N. The Morgan fingerprint density at radius 1 is 0.812 bits per heavy atom. The number of hydrogen-bond donors (Lipinski definition) is 1. The van der Waals surface area contributed by atoms with Gasteiger partial charge in [0, 0.05) is 0 Å². The maximum absolute atomic E-state index is 3.57. The quantitative estimate of drug-likeness (QED) is 0.482. The highest BCUT2D eigenvalue weighted by Crippen LogP contribution is 2.27. The minimum absolute atomic E-state index is 1.04. The Hall–Kier alpha value is -0.0400. The summed E-state index contributed by atoms with van der Waals surface area (Å²) in [7, 11) is 0. The van der Waals surface area contributed by atoms with Crippen molar-refractivity contribution in [3.05, 3.63) is 0 Å². The van der Waals surface area contributed by atoms with Gasteiger partial charge in [-0.1, -0.05) is 58.3 Å². The lowest BCUT2D eigenvalue weighted by atomic mass is 10.1. The molecule has 0 amide bonds. The van der Waals surface area contributed by atoms with Gasteiger partial charge in [-0.05, 0) is 38.3 Å². The highest BCUT2D eigenvalue weighted by molar-refractivity contribution is 4.74. The van der Waals surface area contributed by atoms with E-state index in [1.165, 1.54) is 83.7 Å². The average Bonchev–Trinajstić information content (AvgIpc) is 3.10. The lowest BCUT2D eigenvalue weighted by Crippen LogP contribution is -2.17. The van der Waals surface area contributed by atoms with Gasteiger partial charge in [-0.2, -0.15) is 0 Å². The van der Waals surface area contributed by atoms with Crippen LogP contribution in [-0.4, -0.2) is 13.1 Å². The fraction of sp³-hybridized carbons (Fsp3) is 1.00. The standard InChI is InChI=1S/C15H31N/c1-2-3-4-5-6-7-8-9-10-13-16-14-15-11-12-15/h15-16H,2-14H2,1H3. The Kier molecular flexibility index (Phi) is 8.88. The van der Waals surface area contributed by atoms with Crippen LogP contribution in [0.15, 0.2) is 0 Å². The molecule has 1 nitrogen and oxygen atoms in total. The van der Waals surface area contributed by atoms with E-state index in [0.29, 0.717) is 0 Å². The SMILES string of the molecule is CCCCCCCCCCCNCC1CC1. The molecule has 1 aliphatic carbocycles. The molecule has 1 rings (SSSR count). The predicted octanol–water partition coefficient (Wildman–Crippen LogP) is 4.52. The molecule has 0 saturated heterocycles. The third-order valence-corrected chi connectivity index (χ3v) is 3.59. The van der Waals surface area contributed by atoms with E-state index in [1.807, 2.05) is 0 Å². The highest BCUT2D eigenvalue weighted by atomic mass is 14.9. The monoisotopic (exact) mass is 225 g/mol. The minimum atomic E-state index is 1.04. The van der Waals surface area contributed by atoms with Crippen LogP contribution in [0.25, 0.3) is 0 Å². The molecule has 0 aromatic carbocycles. The van der Waals surface area contributed by atoms with Gasteiger partial charge in [0.05, 0.1) is 0 Å². The van der Waals surface area contributed by atoms with Gasteiger partial charge in [0.25, 0.3) is 0 Å². The average molecular weight is 225 g/mol. The molecule has 1 aliphatic rings. The van der Waals surface area contributed by atoms with Gasteiger partial charge in [0.1, 0.15) is 0 Å². The molecule has 0 radical (unpaired) electrons. The van der Waals surface area contributed by atoms with Crippen molar-refractivity contribution in [2.24, 2.45) is 5.92 Å². The second kappa shape index (κ2) is 10.1. The number of rotatable bonds is 12. The zero-order valence-corrected chi connectivity index (χ0v) is 11.3. The zero-order valence-electron chi connectivity index (χ0n) is 11.3. The predicted molar refractivity (Wildman–Crippen MR) is 72.8 cm³/mol. The molecule has 0 atom stereocenters.